The maximum atomic E-state index is 6.30. The molecule has 1 aliphatic rings. The van der Waals surface area contributed by atoms with Crippen LogP contribution in [0.5, 0.6) is 0 Å². The molecule has 1 heterocycles. The summed E-state index contributed by atoms with van der Waals surface area (Å²) in [5.41, 5.74) is 7.64. The number of hydrogen-bond acceptors (Lipinski definition) is 3. The van der Waals surface area contributed by atoms with Gasteiger partial charge in [-0.05, 0) is 55.3 Å². The molecule has 1 aliphatic carbocycles. The van der Waals surface area contributed by atoms with Crippen LogP contribution < -0.4 is 5.73 Å². The molecule has 1 aromatic rings. The minimum Gasteiger partial charge on any atom is -0.327 e. The molecular formula is C16H27N3. The van der Waals surface area contributed by atoms with Crippen molar-refractivity contribution < 1.29 is 0 Å². The summed E-state index contributed by atoms with van der Waals surface area (Å²) in [6.07, 6.45) is 7.52. The fourth-order valence-electron chi connectivity index (χ4n) is 3.12. The van der Waals surface area contributed by atoms with E-state index in [1.165, 1.54) is 24.8 Å². The van der Waals surface area contributed by atoms with E-state index in [4.69, 9.17) is 5.73 Å². The van der Waals surface area contributed by atoms with Crippen LogP contribution in [-0.2, 0) is 6.54 Å². The second-order valence-electron chi connectivity index (χ2n) is 6.03. The molecule has 1 aromatic heterocycles. The second kappa shape index (κ2) is 7.01. The maximum Gasteiger partial charge on any atom is 0.0271 e. The summed E-state index contributed by atoms with van der Waals surface area (Å²) >= 11 is 0. The Morgan fingerprint density at radius 1 is 1.32 bits per heavy atom. The highest BCUT2D eigenvalue weighted by molar-refractivity contribution is 5.09. The van der Waals surface area contributed by atoms with Gasteiger partial charge in [0.1, 0.15) is 0 Å². The van der Waals surface area contributed by atoms with Gasteiger partial charge < -0.3 is 5.73 Å². The van der Waals surface area contributed by atoms with E-state index >= 15 is 0 Å². The number of hydrogen-bond donors (Lipinski definition) is 1. The topological polar surface area (TPSA) is 42.2 Å². The largest absolute Gasteiger partial charge is 0.327 e. The van der Waals surface area contributed by atoms with Crippen molar-refractivity contribution in [2.45, 2.75) is 45.7 Å². The van der Waals surface area contributed by atoms with Crippen molar-refractivity contribution >= 4 is 0 Å². The fourth-order valence-corrected chi connectivity index (χ4v) is 3.12. The van der Waals surface area contributed by atoms with Gasteiger partial charge in [0.2, 0.25) is 0 Å². The second-order valence-corrected chi connectivity index (χ2v) is 6.03. The van der Waals surface area contributed by atoms with Gasteiger partial charge >= 0.3 is 0 Å². The Balaban J connectivity index is 1.91. The van der Waals surface area contributed by atoms with E-state index < -0.39 is 0 Å². The minimum atomic E-state index is 0.391. The van der Waals surface area contributed by atoms with Gasteiger partial charge in [-0.1, -0.05) is 13.8 Å². The SMILES string of the molecule is CCN(Cc1ccncc1)CC1CC(C)CCC1N. The van der Waals surface area contributed by atoms with Gasteiger partial charge in [0, 0.05) is 31.5 Å². The van der Waals surface area contributed by atoms with Crippen molar-refractivity contribution in [1.82, 2.24) is 9.88 Å². The lowest BCUT2D eigenvalue weighted by atomic mass is 9.79. The summed E-state index contributed by atoms with van der Waals surface area (Å²) in [6.45, 7) is 7.82. The molecule has 0 spiro atoms. The van der Waals surface area contributed by atoms with Crippen LogP contribution >= 0.6 is 0 Å². The quantitative estimate of drug-likeness (QED) is 0.886. The molecule has 2 rings (SSSR count). The number of rotatable bonds is 5. The molecule has 0 amide bonds. The zero-order chi connectivity index (χ0) is 13.7. The fraction of sp³-hybridized carbons (Fsp3) is 0.688. The average Bonchev–Trinajstić information content (AvgIpc) is 2.43. The molecule has 0 aliphatic heterocycles. The van der Waals surface area contributed by atoms with E-state index in [0.29, 0.717) is 12.0 Å². The predicted molar refractivity (Wildman–Crippen MR) is 79.7 cm³/mol. The molecule has 1 saturated carbocycles. The normalized spacial score (nSPS) is 27.7. The Bertz CT molecular complexity index is 366. The number of aromatic nitrogens is 1. The van der Waals surface area contributed by atoms with Crippen molar-refractivity contribution in [1.29, 1.82) is 0 Å². The standard InChI is InChI=1S/C16H27N3/c1-3-19(11-14-6-8-18-9-7-14)12-15-10-13(2)4-5-16(15)17/h6-9,13,15-16H,3-5,10-12,17H2,1-2H3. The third-order valence-electron chi connectivity index (χ3n) is 4.40. The van der Waals surface area contributed by atoms with Gasteiger partial charge in [0.05, 0.1) is 0 Å². The van der Waals surface area contributed by atoms with E-state index in [2.05, 4.69) is 35.9 Å². The molecule has 0 radical (unpaired) electrons. The summed E-state index contributed by atoms with van der Waals surface area (Å²) in [7, 11) is 0. The lowest BCUT2D eigenvalue weighted by Crippen LogP contribution is -2.42. The van der Waals surface area contributed by atoms with E-state index in [0.717, 1.165) is 25.6 Å². The van der Waals surface area contributed by atoms with E-state index in [1.807, 2.05) is 12.4 Å². The molecule has 0 bridgehead atoms. The van der Waals surface area contributed by atoms with E-state index in [1.54, 1.807) is 0 Å². The third kappa shape index (κ3) is 4.29. The molecule has 106 valence electrons. The van der Waals surface area contributed by atoms with Crippen LogP contribution in [0, 0.1) is 11.8 Å². The van der Waals surface area contributed by atoms with Gasteiger partial charge in [0.15, 0.2) is 0 Å². The van der Waals surface area contributed by atoms with Crippen molar-refractivity contribution in [3.8, 4) is 0 Å². The number of nitrogens with zero attached hydrogens (tertiary/aromatic N) is 2. The first-order valence-corrected chi connectivity index (χ1v) is 7.56. The first-order chi connectivity index (χ1) is 9.19. The van der Waals surface area contributed by atoms with Crippen LogP contribution in [0.25, 0.3) is 0 Å². The molecule has 0 saturated heterocycles. The Kier molecular flexibility index (Phi) is 5.34. The molecule has 3 unspecified atom stereocenters. The lowest BCUT2D eigenvalue weighted by Gasteiger charge is -2.36. The average molecular weight is 261 g/mol. The van der Waals surface area contributed by atoms with Crippen LogP contribution in [0.4, 0.5) is 0 Å². The number of pyridine rings is 1. The zero-order valence-corrected chi connectivity index (χ0v) is 12.3. The predicted octanol–water partition coefficient (Wildman–Crippen LogP) is 2.67. The van der Waals surface area contributed by atoms with Gasteiger partial charge in [-0.2, -0.15) is 0 Å². The van der Waals surface area contributed by atoms with Crippen LogP contribution in [0.2, 0.25) is 0 Å². The highest BCUT2D eigenvalue weighted by atomic mass is 15.1. The lowest BCUT2D eigenvalue weighted by molar-refractivity contribution is 0.161. The molecule has 1 fully saturated rings. The van der Waals surface area contributed by atoms with Gasteiger partial charge in [-0.25, -0.2) is 0 Å². The summed E-state index contributed by atoms with van der Waals surface area (Å²) in [5.74, 6) is 1.50. The maximum absolute atomic E-state index is 6.30. The monoisotopic (exact) mass is 261 g/mol. The van der Waals surface area contributed by atoms with Crippen LogP contribution in [0.15, 0.2) is 24.5 Å². The van der Waals surface area contributed by atoms with Gasteiger partial charge in [-0.3, -0.25) is 9.88 Å². The Hall–Kier alpha value is -0.930. The van der Waals surface area contributed by atoms with Crippen LogP contribution in [0.3, 0.4) is 0 Å². The minimum absolute atomic E-state index is 0.391. The summed E-state index contributed by atoms with van der Waals surface area (Å²) in [4.78, 5) is 6.59. The summed E-state index contributed by atoms with van der Waals surface area (Å²) < 4.78 is 0. The van der Waals surface area contributed by atoms with Crippen LogP contribution in [0.1, 0.15) is 38.7 Å². The van der Waals surface area contributed by atoms with Crippen LogP contribution in [-0.4, -0.2) is 29.0 Å². The molecule has 3 nitrogen and oxygen atoms in total. The summed E-state index contributed by atoms with van der Waals surface area (Å²) in [5, 5.41) is 0. The molecule has 2 N–H and O–H groups in total. The van der Waals surface area contributed by atoms with Crippen molar-refractivity contribution in [2.75, 3.05) is 13.1 Å². The van der Waals surface area contributed by atoms with Gasteiger partial charge in [-0.15, -0.1) is 0 Å². The highest BCUT2D eigenvalue weighted by Gasteiger charge is 2.27. The highest BCUT2D eigenvalue weighted by Crippen LogP contribution is 2.28. The Labute approximate surface area is 117 Å². The molecule has 19 heavy (non-hydrogen) atoms. The molecular weight excluding hydrogens is 234 g/mol. The Morgan fingerprint density at radius 2 is 2.05 bits per heavy atom. The zero-order valence-electron chi connectivity index (χ0n) is 12.3. The first-order valence-electron chi connectivity index (χ1n) is 7.56. The van der Waals surface area contributed by atoms with Crippen molar-refractivity contribution in [3.05, 3.63) is 30.1 Å². The molecule has 3 heteroatoms. The van der Waals surface area contributed by atoms with Gasteiger partial charge in [0.25, 0.3) is 0 Å². The van der Waals surface area contributed by atoms with E-state index in [-0.39, 0.29) is 0 Å². The number of nitrogens with two attached hydrogens (primary N) is 1. The third-order valence-corrected chi connectivity index (χ3v) is 4.40. The first kappa shape index (κ1) is 14.5. The molecule has 0 aromatic carbocycles. The van der Waals surface area contributed by atoms with Crippen molar-refractivity contribution in [2.24, 2.45) is 17.6 Å². The van der Waals surface area contributed by atoms with Crippen molar-refractivity contribution in [3.63, 3.8) is 0 Å². The summed E-state index contributed by atoms with van der Waals surface area (Å²) in [6, 6.07) is 4.60. The smallest absolute Gasteiger partial charge is 0.0271 e. The molecule has 3 atom stereocenters. The van der Waals surface area contributed by atoms with E-state index in [9.17, 15) is 0 Å². The Morgan fingerprint density at radius 3 is 2.74 bits per heavy atom.